The maximum Gasteiger partial charge on any atom is 0.224 e. The van der Waals surface area contributed by atoms with Gasteiger partial charge in [-0.05, 0) is 91.8 Å². The highest BCUT2D eigenvalue weighted by Crippen LogP contribution is 2.42. The molecule has 3 aromatic rings. The number of piperidine rings is 1. The van der Waals surface area contributed by atoms with E-state index >= 15 is 0 Å². The molecule has 5 rings (SSSR count). The molecular formula is C30H34ClN3O2. The predicted octanol–water partition coefficient (Wildman–Crippen LogP) is 7.30. The number of carbonyl (C=O) groups excluding carboxylic acids is 1. The van der Waals surface area contributed by atoms with Crippen molar-refractivity contribution in [2.45, 2.75) is 51.6 Å². The number of nitrogens with one attached hydrogen (secondary N) is 1. The molecule has 2 atom stereocenters. The van der Waals surface area contributed by atoms with Crippen LogP contribution in [0.5, 0.6) is 5.75 Å². The van der Waals surface area contributed by atoms with Crippen molar-refractivity contribution in [3.8, 4) is 16.9 Å². The maximum atomic E-state index is 12.6. The topological polar surface area (TPSA) is 44.8 Å². The minimum atomic E-state index is 0.0441. The molecule has 5 nitrogen and oxygen atoms in total. The van der Waals surface area contributed by atoms with Crippen LogP contribution in [-0.4, -0.2) is 32.1 Å². The van der Waals surface area contributed by atoms with Crippen LogP contribution in [-0.2, 0) is 4.79 Å². The van der Waals surface area contributed by atoms with E-state index in [1.807, 2.05) is 23.1 Å². The summed E-state index contributed by atoms with van der Waals surface area (Å²) in [7, 11) is 1.62. The van der Waals surface area contributed by atoms with Gasteiger partial charge in [0.25, 0.3) is 0 Å². The van der Waals surface area contributed by atoms with Crippen LogP contribution in [0.15, 0.2) is 60.7 Å². The van der Waals surface area contributed by atoms with Crippen LogP contribution < -0.4 is 19.9 Å². The Morgan fingerprint density at radius 2 is 1.69 bits per heavy atom. The Balaban J connectivity index is 1.47. The number of anilines is 3. The second kappa shape index (κ2) is 10.4. The number of fused-ring (bicyclic) bond motifs is 1. The summed E-state index contributed by atoms with van der Waals surface area (Å²) < 4.78 is 5.31. The van der Waals surface area contributed by atoms with E-state index in [0.29, 0.717) is 10.8 Å². The van der Waals surface area contributed by atoms with Crippen molar-refractivity contribution in [3.05, 3.63) is 71.2 Å². The average Bonchev–Trinajstić information content (AvgIpc) is 2.89. The Hall–Kier alpha value is -3.18. The van der Waals surface area contributed by atoms with Gasteiger partial charge >= 0.3 is 0 Å². The van der Waals surface area contributed by atoms with Gasteiger partial charge in [0.05, 0.1) is 18.2 Å². The number of nitrogens with zero attached hydrogens (tertiary/aromatic N) is 2. The summed E-state index contributed by atoms with van der Waals surface area (Å²) >= 11 is 6.39. The highest BCUT2D eigenvalue weighted by molar-refractivity contribution is 6.32. The average molecular weight is 504 g/mol. The number of ether oxygens (including phenoxy) is 1. The SMILES string of the molecule is COc1ccc(N[C@H]2C[C@@H](C)N(C(C)=O)c3ccc(-c4ccc(N5CCCCC5)cc4)cc32)cc1Cl. The number of methoxy groups -OCH3 is 1. The first kappa shape index (κ1) is 24.5. The summed E-state index contributed by atoms with van der Waals surface area (Å²) in [5.74, 6) is 0.714. The third kappa shape index (κ3) is 4.90. The number of halogens is 1. The zero-order chi connectivity index (χ0) is 25.2. The fourth-order valence-electron chi connectivity index (χ4n) is 5.63. The predicted molar refractivity (Wildman–Crippen MR) is 150 cm³/mol. The molecule has 2 aliphatic heterocycles. The van der Waals surface area contributed by atoms with Gasteiger partial charge in [-0.15, -0.1) is 0 Å². The third-order valence-electron chi connectivity index (χ3n) is 7.43. The molecule has 3 aromatic carbocycles. The lowest BCUT2D eigenvalue weighted by atomic mass is 9.89. The normalized spacial score (nSPS) is 19.6. The van der Waals surface area contributed by atoms with Crippen molar-refractivity contribution in [1.29, 1.82) is 0 Å². The summed E-state index contributed by atoms with van der Waals surface area (Å²) in [5.41, 5.74) is 6.63. The quantitative estimate of drug-likeness (QED) is 0.396. The summed E-state index contributed by atoms with van der Waals surface area (Å²) in [6.07, 6.45) is 4.67. The Labute approximate surface area is 219 Å². The van der Waals surface area contributed by atoms with E-state index in [1.54, 1.807) is 14.0 Å². The zero-order valence-corrected chi connectivity index (χ0v) is 22.0. The van der Waals surface area contributed by atoms with Crippen LogP contribution in [0.2, 0.25) is 5.02 Å². The van der Waals surface area contributed by atoms with Gasteiger partial charge in [0.15, 0.2) is 0 Å². The Morgan fingerprint density at radius 3 is 2.36 bits per heavy atom. The zero-order valence-electron chi connectivity index (χ0n) is 21.3. The van der Waals surface area contributed by atoms with Gasteiger partial charge in [0.2, 0.25) is 5.91 Å². The van der Waals surface area contributed by atoms with Crippen molar-refractivity contribution in [2.75, 3.05) is 35.3 Å². The minimum absolute atomic E-state index is 0.0441. The molecule has 0 unspecified atom stereocenters. The van der Waals surface area contributed by atoms with E-state index in [1.165, 1.54) is 30.5 Å². The summed E-state index contributed by atoms with van der Waals surface area (Å²) in [6.45, 7) is 6.03. The van der Waals surface area contributed by atoms with Gasteiger partial charge in [-0.2, -0.15) is 0 Å². The van der Waals surface area contributed by atoms with Crippen LogP contribution in [0.4, 0.5) is 17.1 Å². The molecule has 0 radical (unpaired) electrons. The molecule has 36 heavy (non-hydrogen) atoms. The highest BCUT2D eigenvalue weighted by atomic mass is 35.5. The number of carbonyl (C=O) groups is 1. The minimum Gasteiger partial charge on any atom is -0.495 e. The summed E-state index contributed by atoms with van der Waals surface area (Å²) in [5, 5.41) is 4.23. The largest absolute Gasteiger partial charge is 0.495 e. The number of rotatable bonds is 5. The van der Waals surface area contributed by atoms with Crippen LogP contribution in [0.25, 0.3) is 11.1 Å². The number of hydrogen-bond acceptors (Lipinski definition) is 4. The summed E-state index contributed by atoms with van der Waals surface area (Å²) in [6, 6.07) is 21.2. The second-order valence-electron chi connectivity index (χ2n) is 9.89. The van der Waals surface area contributed by atoms with Crippen LogP contribution >= 0.6 is 11.6 Å². The Bertz CT molecular complexity index is 1240. The van der Waals surface area contributed by atoms with Crippen LogP contribution in [0.1, 0.15) is 51.1 Å². The fourth-order valence-corrected chi connectivity index (χ4v) is 5.89. The van der Waals surface area contributed by atoms with Gasteiger partial charge in [-0.25, -0.2) is 0 Å². The molecule has 1 N–H and O–H groups in total. The first-order chi connectivity index (χ1) is 17.4. The van der Waals surface area contributed by atoms with Crippen LogP contribution in [0.3, 0.4) is 0 Å². The first-order valence-corrected chi connectivity index (χ1v) is 13.2. The fraction of sp³-hybridized carbons (Fsp3) is 0.367. The Kier molecular flexibility index (Phi) is 7.10. The molecule has 0 spiro atoms. The molecule has 0 bridgehead atoms. The lowest BCUT2D eigenvalue weighted by Crippen LogP contribution is -2.43. The molecule has 6 heteroatoms. The van der Waals surface area contributed by atoms with Gasteiger partial charge in [0.1, 0.15) is 5.75 Å². The van der Waals surface area contributed by atoms with Crippen molar-refractivity contribution in [1.82, 2.24) is 0 Å². The standard InChI is InChI=1S/C30H34ClN3O2/c1-20-17-28(32-24-10-14-30(36-3)27(31)19-24)26-18-23(9-13-29(26)34(20)21(2)35)22-7-11-25(12-8-22)33-15-5-4-6-16-33/h7-14,18-20,28,32H,4-6,15-17H2,1-3H3/t20-,28+/m1/s1. The monoisotopic (exact) mass is 503 g/mol. The number of hydrogen-bond donors (Lipinski definition) is 1. The van der Waals surface area contributed by atoms with Gasteiger partial charge in [0, 0.05) is 43.1 Å². The maximum absolute atomic E-state index is 12.6. The van der Waals surface area contributed by atoms with Crippen molar-refractivity contribution < 1.29 is 9.53 Å². The van der Waals surface area contributed by atoms with E-state index in [9.17, 15) is 4.79 Å². The van der Waals surface area contributed by atoms with Gasteiger partial charge < -0.3 is 19.9 Å². The van der Waals surface area contributed by atoms with E-state index in [4.69, 9.17) is 16.3 Å². The molecule has 188 valence electrons. The molecule has 0 aromatic heterocycles. The second-order valence-corrected chi connectivity index (χ2v) is 10.3. The van der Waals surface area contributed by atoms with Crippen molar-refractivity contribution >= 4 is 34.6 Å². The molecule has 1 fully saturated rings. The highest BCUT2D eigenvalue weighted by Gasteiger charge is 2.32. The van der Waals surface area contributed by atoms with E-state index in [2.05, 4.69) is 59.6 Å². The summed E-state index contributed by atoms with van der Waals surface area (Å²) in [4.78, 5) is 17.0. The molecule has 2 aliphatic rings. The lowest BCUT2D eigenvalue weighted by Gasteiger charge is -2.40. The molecule has 0 aliphatic carbocycles. The molecular weight excluding hydrogens is 470 g/mol. The van der Waals surface area contributed by atoms with E-state index in [-0.39, 0.29) is 18.0 Å². The van der Waals surface area contributed by atoms with Crippen LogP contribution in [0, 0.1) is 0 Å². The Morgan fingerprint density at radius 1 is 0.972 bits per heavy atom. The number of benzene rings is 3. The van der Waals surface area contributed by atoms with Gasteiger partial charge in [-0.1, -0.05) is 29.8 Å². The molecule has 2 heterocycles. The number of amides is 1. The molecule has 1 amide bonds. The van der Waals surface area contributed by atoms with E-state index in [0.717, 1.165) is 42.0 Å². The van der Waals surface area contributed by atoms with Gasteiger partial charge in [-0.3, -0.25) is 4.79 Å². The smallest absolute Gasteiger partial charge is 0.224 e. The third-order valence-corrected chi connectivity index (χ3v) is 7.73. The molecule has 0 saturated carbocycles. The van der Waals surface area contributed by atoms with E-state index < -0.39 is 0 Å². The molecule has 1 saturated heterocycles. The van der Waals surface area contributed by atoms with Crippen molar-refractivity contribution in [2.24, 2.45) is 0 Å². The van der Waals surface area contributed by atoms with Crippen molar-refractivity contribution in [3.63, 3.8) is 0 Å². The lowest BCUT2D eigenvalue weighted by molar-refractivity contribution is -0.117. The first-order valence-electron chi connectivity index (χ1n) is 12.8.